The number of rotatable bonds is 9. The van der Waals surface area contributed by atoms with Gasteiger partial charge in [-0.2, -0.15) is 0 Å². The van der Waals surface area contributed by atoms with Gasteiger partial charge in [0.25, 0.3) is 5.91 Å². The highest BCUT2D eigenvalue weighted by Gasteiger charge is 2.43. The van der Waals surface area contributed by atoms with E-state index < -0.39 is 30.2 Å². The fraction of sp³-hybridized carbons (Fsp3) is 0.289. The summed E-state index contributed by atoms with van der Waals surface area (Å²) in [5.41, 5.74) is 4.40. The molecule has 0 radical (unpaired) electrons. The van der Waals surface area contributed by atoms with Gasteiger partial charge in [-0.15, -0.1) is 0 Å². The molecule has 10 heteroatoms. The lowest BCUT2D eigenvalue weighted by Crippen LogP contribution is -2.46. The lowest BCUT2D eigenvalue weighted by Gasteiger charge is -2.44. The van der Waals surface area contributed by atoms with E-state index in [0.717, 1.165) is 36.1 Å². The van der Waals surface area contributed by atoms with Crippen LogP contribution in [0.2, 0.25) is 0 Å². The van der Waals surface area contributed by atoms with Crippen molar-refractivity contribution in [2.75, 3.05) is 25.0 Å². The second-order valence-corrected chi connectivity index (χ2v) is 12.4. The molecule has 246 valence electrons. The highest BCUT2D eigenvalue weighted by molar-refractivity contribution is 6.16. The van der Waals surface area contributed by atoms with Gasteiger partial charge >= 0.3 is 11.9 Å². The third-order valence-electron chi connectivity index (χ3n) is 9.42. The Hall–Kier alpha value is -4.71. The number of cyclic esters (lactones) is 2. The molecule has 0 aromatic heterocycles. The number of anilines is 1. The highest BCUT2D eigenvalue weighted by atomic mass is 16.7. The molecule has 7 rings (SSSR count). The van der Waals surface area contributed by atoms with E-state index in [2.05, 4.69) is 27.1 Å². The van der Waals surface area contributed by atoms with Crippen molar-refractivity contribution in [2.24, 2.45) is 0 Å². The Kier molecular flexibility index (Phi) is 9.16. The van der Waals surface area contributed by atoms with Crippen molar-refractivity contribution >= 4 is 23.5 Å². The minimum Gasteiger partial charge on any atom is -0.395 e. The Bertz CT molecular complexity index is 1810. The molecule has 10 nitrogen and oxygen atoms in total. The van der Waals surface area contributed by atoms with Crippen LogP contribution >= 0.6 is 0 Å². The lowest BCUT2D eigenvalue weighted by atomic mass is 9.83. The van der Waals surface area contributed by atoms with E-state index in [-0.39, 0.29) is 48.0 Å². The molecular formula is C38H36N2O8. The monoisotopic (exact) mass is 648 g/mol. The number of amides is 1. The third kappa shape index (κ3) is 6.41. The smallest absolute Gasteiger partial charge is 0.346 e. The Morgan fingerprint density at radius 1 is 0.812 bits per heavy atom. The summed E-state index contributed by atoms with van der Waals surface area (Å²) in [4.78, 5) is 39.4. The van der Waals surface area contributed by atoms with Gasteiger partial charge in [0.05, 0.1) is 36.5 Å². The first-order valence-corrected chi connectivity index (χ1v) is 16.1. The number of benzene rings is 4. The first-order valence-electron chi connectivity index (χ1n) is 16.1. The standard InChI is InChI=1S/C38H36N2O8/c41-21-23-11-13-25(14-12-23)34-33(24-6-2-1-3-7-24)32(20-40-17-5-10-29(40)22-42)46-38(47-34)27-8-4-9-28(18-27)39-35(43)26-15-16-30-31(19-26)37(45)48-36(30)44/h1-4,6-9,11-16,18-19,29,32-34,38,41-42H,5,10,17,20-22H2,(H,39,43). The molecule has 0 aliphatic carbocycles. The molecule has 1 amide bonds. The molecule has 4 aromatic rings. The molecule has 0 bridgehead atoms. The maximum absolute atomic E-state index is 13.2. The fourth-order valence-corrected chi connectivity index (χ4v) is 6.93. The molecule has 5 unspecified atom stereocenters. The van der Waals surface area contributed by atoms with Gasteiger partial charge in [0.1, 0.15) is 0 Å². The van der Waals surface area contributed by atoms with Gasteiger partial charge in [0, 0.05) is 35.3 Å². The molecule has 0 saturated carbocycles. The Labute approximate surface area is 277 Å². The van der Waals surface area contributed by atoms with E-state index in [0.29, 0.717) is 17.8 Å². The van der Waals surface area contributed by atoms with Crippen molar-refractivity contribution in [1.29, 1.82) is 0 Å². The van der Waals surface area contributed by atoms with E-state index in [1.807, 2.05) is 54.6 Å². The number of nitrogens with one attached hydrogen (secondary N) is 1. The molecule has 2 fully saturated rings. The number of aliphatic hydroxyl groups is 2. The van der Waals surface area contributed by atoms with Crippen molar-refractivity contribution in [2.45, 2.75) is 49.9 Å². The van der Waals surface area contributed by atoms with Crippen molar-refractivity contribution < 1.29 is 38.8 Å². The molecule has 3 heterocycles. The predicted octanol–water partition coefficient (Wildman–Crippen LogP) is 5.14. The van der Waals surface area contributed by atoms with Crippen LogP contribution in [0.3, 0.4) is 0 Å². The summed E-state index contributed by atoms with van der Waals surface area (Å²) in [6.07, 6.45) is 0.419. The van der Waals surface area contributed by atoms with Crippen LogP contribution < -0.4 is 5.32 Å². The van der Waals surface area contributed by atoms with Gasteiger partial charge in [-0.3, -0.25) is 9.69 Å². The maximum Gasteiger partial charge on any atom is 0.346 e. The zero-order chi connectivity index (χ0) is 33.2. The minimum absolute atomic E-state index is 0.0592. The highest BCUT2D eigenvalue weighted by Crippen LogP contribution is 2.47. The Morgan fingerprint density at radius 3 is 2.35 bits per heavy atom. The number of esters is 2. The average molecular weight is 649 g/mol. The number of hydrogen-bond donors (Lipinski definition) is 3. The molecule has 0 spiro atoms. The van der Waals surface area contributed by atoms with Gasteiger partial charge < -0.3 is 29.7 Å². The largest absolute Gasteiger partial charge is 0.395 e. The summed E-state index contributed by atoms with van der Waals surface area (Å²) in [6, 6.07) is 29.5. The second kappa shape index (κ2) is 13.8. The van der Waals surface area contributed by atoms with Crippen molar-refractivity contribution in [3.8, 4) is 0 Å². The van der Waals surface area contributed by atoms with Gasteiger partial charge in [-0.1, -0.05) is 66.7 Å². The van der Waals surface area contributed by atoms with Crippen LogP contribution in [-0.2, 0) is 20.8 Å². The quantitative estimate of drug-likeness (QED) is 0.167. The number of carbonyl (C=O) groups is 3. The SMILES string of the molecule is O=C(Nc1cccc(C2OC(CN3CCCC3CO)C(c3ccccc3)C(c3ccc(CO)cc3)O2)c1)c1ccc2c(c1)C(=O)OC2=O. The molecule has 3 N–H and O–H groups in total. The fourth-order valence-electron chi connectivity index (χ4n) is 6.93. The van der Waals surface area contributed by atoms with Crippen LogP contribution in [-0.4, -0.2) is 64.8 Å². The zero-order valence-electron chi connectivity index (χ0n) is 26.2. The summed E-state index contributed by atoms with van der Waals surface area (Å²) in [6.45, 7) is 1.48. The summed E-state index contributed by atoms with van der Waals surface area (Å²) in [5.74, 6) is -2.14. The van der Waals surface area contributed by atoms with Crippen LogP contribution in [0.25, 0.3) is 0 Å². The van der Waals surface area contributed by atoms with E-state index >= 15 is 0 Å². The topological polar surface area (TPSA) is 135 Å². The lowest BCUT2D eigenvalue weighted by molar-refractivity contribution is -0.264. The molecular weight excluding hydrogens is 612 g/mol. The van der Waals surface area contributed by atoms with Gasteiger partial charge in [0.2, 0.25) is 0 Å². The van der Waals surface area contributed by atoms with Gasteiger partial charge in [-0.25, -0.2) is 9.59 Å². The number of carbonyl (C=O) groups excluding carboxylic acids is 3. The molecule has 5 atom stereocenters. The number of nitrogens with zero attached hydrogens (tertiary/aromatic N) is 1. The first kappa shape index (κ1) is 31.9. The van der Waals surface area contributed by atoms with Crippen molar-refractivity contribution in [1.82, 2.24) is 4.90 Å². The van der Waals surface area contributed by atoms with Gasteiger partial charge in [0.15, 0.2) is 6.29 Å². The Morgan fingerprint density at radius 2 is 1.58 bits per heavy atom. The minimum atomic E-state index is -0.787. The van der Waals surface area contributed by atoms with E-state index in [4.69, 9.17) is 9.47 Å². The van der Waals surface area contributed by atoms with E-state index in [9.17, 15) is 24.6 Å². The first-order chi connectivity index (χ1) is 23.4. The average Bonchev–Trinajstić information content (AvgIpc) is 3.70. The summed E-state index contributed by atoms with van der Waals surface area (Å²) < 4.78 is 18.3. The van der Waals surface area contributed by atoms with Crippen LogP contribution in [0.1, 0.15) is 84.5 Å². The number of hydrogen-bond acceptors (Lipinski definition) is 9. The summed E-state index contributed by atoms with van der Waals surface area (Å²) in [5, 5.41) is 22.7. The molecule has 3 aliphatic heterocycles. The third-order valence-corrected chi connectivity index (χ3v) is 9.42. The van der Waals surface area contributed by atoms with Crippen LogP contribution in [0.5, 0.6) is 0 Å². The second-order valence-electron chi connectivity index (χ2n) is 12.4. The Balaban J connectivity index is 1.20. The molecule has 3 aliphatic rings. The zero-order valence-corrected chi connectivity index (χ0v) is 26.2. The van der Waals surface area contributed by atoms with E-state index in [1.54, 1.807) is 12.1 Å². The number of ether oxygens (including phenoxy) is 3. The normalized spacial score (nSPS) is 23.9. The molecule has 48 heavy (non-hydrogen) atoms. The van der Waals surface area contributed by atoms with E-state index in [1.165, 1.54) is 18.2 Å². The van der Waals surface area contributed by atoms with Crippen molar-refractivity contribution in [3.05, 3.63) is 136 Å². The van der Waals surface area contributed by atoms with Crippen LogP contribution in [0.4, 0.5) is 5.69 Å². The maximum atomic E-state index is 13.2. The van der Waals surface area contributed by atoms with Crippen molar-refractivity contribution in [3.63, 3.8) is 0 Å². The number of fused-ring (bicyclic) bond motifs is 1. The molecule has 4 aromatic carbocycles. The van der Waals surface area contributed by atoms with Gasteiger partial charge in [-0.05, 0) is 66.4 Å². The molecule has 2 saturated heterocycles. The number of likely N-dealkylation sites (tertiary alicyclic amines) is 1. The predicted molar refractivity (Wildman–Crippen MR) is 175 cm³/mol. The van der Waals surface area contributed by atoms with Crippen LogP contribution in [0.15, 0.2) is 97.1 Å². The van der Waals surface area contributed by atoms with Crippen LogP contribution in [0, 0.1) is 0 Å². The summed E-state index contributed by atoms with van der Waals surface area (Å²) >= 11 is 0. The summed E-state index contributed by atoms with van der Waals surface area (Å²) in [7, 11) is 0. The number of aliphatic hydroxyl groups excluding tert-OH is 2.